The van der Waals surface area contributed by atoms with Crippen molar-refractivity contribution >= 4 is 5.91 Å². The van der Waals surface area contributed by atoms with E-state index < -0.39 is 0 Å². The summed E-state index contributed by atoms with van der Waals surface area (Å²) in [7, 11) is 0. The largest absolute Gasteiger partial charge is 0.378 e. The predicted molar refractivity (Wildman–Crippen MR) is 93.4 cm³/mol. The molecule has 0 aliphatic carbocycles. The Morgan fingerprint density at radius 1 is 1.21 bits per heavy atom. The fourth-order valence-electron chi connectivity index (χ4n) is 3.94. The molecule has 2 unspecified atom stereocenters. The van der Waals surface area contributed by atoms with Crippen molar-refractivity contribution in [1.29, 1.82) is 0 Å². The van der Waals surface area contributed by atoms with Crippen molar-refractivity contribution in [3.05, 3.63) is 30.1 Å². The zero-order chi connectivity index (χ0) is 16.8. The van der Waals surface area contributed by atoms with E-state index >= 15 is 0 Å². The molecular weight excluding hydrogens is 302 g/mol. The zero-order valence-electron chi connectivity index (χ0n) is 14.7. The SMILES string of the molecule is CCC1CN(Cc2ccncc2)CCC1CC(=O)N1CCOCC1. The summed E-state index contributed by atoms with van der Waals surface area (Å²) < 4.78 is 5.35. The van der Waals surface area contributed by atoms with Gasteiger partial charge in [-0.2, -0.15) is 0 Å². The third kappa shape index (κ3) is 4.54. The smallest absolute Gasteiger partial charge is 0.223 e. The molecule has 1 aromatic rings. The molecule has 3 heterocycles. The third-order valence-corrected chi connectivity index (χ3v) is 5.46. The van der Waals surface area contributed by atoms with E-state index in [1.807, 2.05) is 17.3 Å². The van der Waals surface area contributed by atoms with Crippen LogP contribution in [-0.2, 0) is 16.1 Å². The van der Waals surface area contributed by atoms with E-state index in [0.717, 1.165) is 45.6 Å². The van der Waals surface area contributed by atoms with Crippen LogP contribution in [0.4, 0.5) is 0 Å². The summed E-state index contributed by atoms with van der Waals surface area (Å²) in [5.41, 5.74) is 1.32. The molecule has 0 aromatic carbocycles. The van der Waals surface area contributed by atoms with Crippen molar-refractivity contribution in [3.8, 4) is 0 Å². The summed E-state index contributed by atoms with van der Waals surface area (Å²) >= 11 is 0. The second-order valence-corrected chi connectivity index (χ2v) is 7.00. The molecule has 2 aliphatic rings. The molecule has 1 amide bonds. The molecule has 2 aliphatic heterocycles. The predicted octanol–water partition coefficient (Wildman–Crippen LogP) is 2.18. The van der Waals surface area contributed by atoms with Crippen molar-refractivity contribution in [2.75, 3.05) is 39.4 Å². The number of likely N-dealkylation sites (tertiary alicyclic amines) is 1. The second-order valence-electron chi connectivity index (χ2n) is 7.00. The number of carbonyl (C=O) groups excluding carboxylic acids is 1. The number of rotatable bonds is 5. The van der Waals surface area contributed by atoms with Gasteiger partial charge in [-0.1, -0.05) is 13.3 Å². The van der Waals surface area contributed by atoms with E-state index in [0.29, 0.717) is 37.4 Å². The Morgan fingerprint density at radius 2 is 1.96 bits per heavy atom. The Balaban J connectivity index is 1.52. The van der Waals surface area contributed by atoms with Gasteiger partial charge in [0.25, 0.3) is 0 Å². The summed E-state index contributed by atoms with van der Waals surface area (Å²) in [6.07, 6.45) is 6.70. The average Bonchev–Trinajstić information content (AvgIpc) is 2.64. The van der Waals surface area contributed by atoms with E-state index in [2.05, 4.69) is 28.9 Å². The fourth-order valence-corrected chi connectivity index (χ4v) is 3.94. The average molecular weight is 331 g/mol. The maximum atomic E-state index is 12.6. The topological polar surface area (TPSA) is 45.7 Å². The molecule has 0 N–H and O–H groups in total. The number of amides is 1. The molecule has 1 aromatic heterocycles. The molecule has 2 fully saturated rings. The van der Waals surface area contributed by atoms with Gasteiger partial charge in [0.15, 0.2) is 0 Å². The van der Waals surface area contributed by atoms with E-state index in [4.69, 9.17) is 4.74 Å². The molecule has 24 heavy (non-hydrogen) atoms. The van der Waals surface area contributed by atoms with Crippen LogP contribution in [0.3, 0.4) is 0 Å². The van der Waals surface area contributed by atoms with Gasteiger partial charge in [-0.25, -0.2) is 0 Å². The molecule has 2 atom stereocenters. The molecule has 0 radical (unpaired) electrons. The van der Waals surface area contributed by atoms with E-state index in [1.165, 1.54) is 5.56 Å². The van der Waals surface area contributed by atoms with Gasteiger partial charge >= 0.3 is 0 Å². The molecular formula is C19H29N3O2. The van der Waals surface area contributed by atoms with Crippen LogP contribution in [0.15, 0.2) is 24.5 Å². The van der Waals surface area contributed by atoms with Gasteiger partial charge in [0.2, 0.25) is 5.91 Å². The van der Waals surface area contributed by atoms with Gasteiger partial charge in [-0.3, -0.25) is 14.7 Å². The molecule has 3 rings (SSSR count). The van der Waals surface area contributed by atoms with Gasteiger partial charge in [0.1, 0.15) is 0 Å². The first kappa shape index (κ1) is 17.4. The van der Waals surface area contributed by atoms with Crippen LogP contribution < -0.4 is 0 Å². The highest BCUT2D eigenvalue weighted by atomic mass is 16.5. The Hall–Kier alpha value is -1.46. The highest BCUT2D eigenvalue weighted by Gasteiger charge is 2.31. The summed E-state index contributed by atoms with van der Waals surface area (Å²) in [4.78, 5) is 21.2. The van der Waals surface area contributed by atoms with Crippen LogP contribution in [0.25, 0.3) is 0 Å². The lowest BCUT2D eigenvalue weighted by Gasteiger charge is -2.39. The quantitative estimate of drug-likeness (QED) is 0.830. The first-order valence-corrected chi connectivity index (χ1v) is 9.23. The molecule has 0 spiro atoms. The lowest BCUT2D eigenvalue weighted by atomic mass is 9.81. The maximum Gasteiger partial charge on any atom is 0.223 e. The number of ether oxygens (including phenoxy) is 1. The highest BCUT2D eigenvalue weighted by Crippen LogP contribution is 2.30. The molecule has 0 bridgehead atoms. The summed E-state index contributed by atoms with van der Waals surface area (Å²) in [6, 6.07) is 4.18. The van der Waals surface area contributed by atoms with Gasteiger partial charge in [-0.05, 0) is 42.5 Å². The molecule has 132 valence electrons. The minimum atomic E-state index is 0.323. The molecule has 0 saturated carbocycles. The normalized spacial score (nSPS) is 25.6. The first-order valence-electron chi connectivity index (χ1n) is 9.23. The number of hydrogen-bond acceptors (Lipinski definition) is 4. The number of morpholine rings is 1. The van der Waals surface area contributed by atoms with Gasteiger partial charge in [-0.15, -0.1) is 0 Å². The van der Waals surface area contributed by atoms with E-state index in [-0.39, 0.29) is 0 Å². The van der Waals surface area contributed by atoms with Crippen LogP contribution >= 0.6 is 0 Å². The summed E-state index contributed by atoms with van der Waals surface area (Å²) in [5, 5.41) is 0. The lowest BCUT2D eigenvalue weighted by Crippen LogP contribution is -2.44. The minimum Gasteiger partial charge on any atom is -0.378 e. The van der Waals surface area contributed by atoms with Crippen molar-refractivity contribution in [3.63, 3.8) is 0 Å². The fraction of sp³-hybridized carbons (Fsp3) is 0.684. The van der Waals surface area contributed by atoms with Crippen LogP contribution in [0.5, 0.6) is 0 Å². The van der Waals surface area contributed by atoms with Gasteiger partial charge in [0, 0.05) is 45.0 Å². The second kappa shape index (κ2) is 8.58. The maximum absolute atomic E-state index is 12.6. The number of aromatic nitrogens is 1. The van der Waals surface area contributed by atoms with Crippen molar-refractivity contribution in [2.24, 2.45) is 11.8 Å². The van der Waals surface area contributed by atoms with Crippen molar-refractivity contribution in [2.45, 2.75) is 32.7 Å². The number of hydrogen-bond donors (Lipinski definition) is 0. The third-order valence-electron chi connectivity index (χ3n) is 5.46. The van der Waals surface area contributed by atoms with Crippen molar-refractivity contribution < 1.29 is 9.53 Å². The number of piperidine rings is 1. The zero-order valence-corrected chi connectivity index (χ0v) is 14.7. The molecule has 2 saturated heterocycles. The highest BCUT2D eigenvalue weighted by molar-refractivity contribution is 5.76. The number of pyridine rings is 1. The number of nitrogens with zero attached hydrogens (tertiary/aromatic N) is 3. The van der Waals surface area contributed by atoms with Crippen LogP contribution in [0.2, 0.25) is 0 Å². The van der Waals surface area contributed by atoms with Gasteiger partial charge in [0.05, 0.1) is 13.2 Å². The molecule has 5 nitrogen and oxygen atoms in total. The van der Waals surface area contributed by atoms with Gasteiger partial charge < -0.3 is 9.64 Å². The Morgan fingerprint density at radius 3 is 2.67 bits per heavy atom. The van der Waals surface area contributed by atoms with E-state index in [1.54, 1.807) is 0 Å². The summed E-state index contributed by atoms with van der Waals surface area (Å²) in [6.45, 7) is 8.32. The Labute approximate surface area is 145 Å². The van der Waals surface area contributed by atoms with Crippen LogP contribution in [-0.4, -0.2) is 60.1 Å². The minimum absolute atomic E-state index is 0.323. The standard InChI is InChI=1S/C19H29N3O2/c1-2-17-15-21(14-16-3-6-20-7-4-16)8-5-18(17)13-19(23)22-9-11-24-12-10-22/h3-4,6-7,17-18H,2,5,8-15H2,1H3. The van der Waals surface area contributed by atoms with Crippen molar-refractivity contribution in [1.82, 2.24) is 14.8 Å². The lowest BCUT2D eigenvalue weighted by molar-refractivity contribution is -0.137. The Kier molecular flexibility index (Phi) is 6.21. The first-order chi connectivity index (χ1) is 11.8. The van der Waals surface area contributed by atoms with Crippen LogP contribution in [0.1, 0.15) is 31.7 Å². The summed E-state index contributed by atoms with van der Waals surface area (Å²) in [5.74, 6) is 1.47. The van der Waals surface area contributed by atoms with Crippen LogP contribution in [0, 0.1) is 11.8 Å². The Bertz CT molecular complexity index is 517. The van der Waals surface area contributed by atoms with E-state index in [9.17, 15) is 4.79 Å². The monoisotopic (exact) mass is 331 g/mol. The number of carbonyl (C=O) groups is 1. The molecule has 5 heteroatoms.